The lowest BCUT2D eigenvalue weighted by Crippen LogP contribution is -2.43. The quantitative estimate of drug-likeness (QED) is 0.718. The third-order valence-electron chi connectivity index (χ3n) is 2.85. The van der Waals surface area contributed by atoms with Crippen LogP contribution < -0.4 is 0 Å². The molecular weight excluding hydrogens is 196 g/mol. The summed E-state index contributed by atoms with van der Waals surface area (Å²) in [5.74, 6) is -0.263. The highest BCUT2D eigenvalue weighted by molar-refractivity contribution is 5.70. The molecule has 4 heteroatoms. The average Bonchev–Trinajstić information content (AvgIpc) is 2.13. The fraction of sp³-hybridized carbons (Fsp3) is 0.909. The molecule has 0 amide bonds. The van der Waals surface area contributed by atoms with Gasteiger partial charge in [-0.2, -0.15) is 0 Å². The lowest BCUT2D eigenvalue weighted by atomic mass is 9.89. The van der Waals surface area contributed by atoms with E-state index in [9.17, 15) is 9.90 Å². The van der Waals surface area contributed by atoms with Crippen molar-refractivity contribution in [2.75, 3.05) is 6.61 Å². The van der Waals surface area contributed by atoms with Gasteiger partial charge in [0.2, 0.25) is 0 Å². The molecule has 0 aromatic rings. The molecule has 0 aromatic heterocycles. The zero-order valence-electron chi connectivity index (χ0n) is 9.60. The number of carbonyl (C=O) groups excluding carboxylic acids is 1. The largest absolute Gasteiger partial charge is 0.466 e. The monoisotopic (exact) mass is 216 g/mol. The molecule has 0 bridgehead atoms. The molecule has 4 atom stereocenters. The van der Waals surface area contributed by atoms with Gasteiger partial charge >= 0.3 is 5.97 Å². The summed E-state index contributed by atoms with van der Waals surface area (Å²) < 4.78 is 10.5. The van der Waals surface area contributed by atoms with E-state index in [1.54, 1.807) is 6.92 Å². The highest BCUT2D eigenvalue weighted by atomic mass is 16.5. The topological polar surface area (TPSA) is 55.8 Å². The van der Waals surface area contributed by atoms with Crippen molar-refractivity contribution < 1.29 is 19.4 Å². The maximum absolute atomic E-state index is 11.3. The molecule has 1 saturated heterocycles. The second-order valence-electron chi connectivity index (χ2n) is 4.16. The van der Waals surface area contributed by atoms with Crippen LogP contribution in [0.4, 0.5) is 0 Å². The number of esters is 1. The minimum absolute atomic E-state index is 0.00870. The minimum Gasteiger partial charge on any atom is -0.466 e. The van der Waals surface area contributed by atoms with E-state index in [0.717, 1.165) is 0 Å². The molecule has 88 valence electrons. The fourth-order valence-corrected chi connectivity index (χ4v) is 1.90. The summed E-state index contributed by atoms with van der Waals surface area (Å²) in [6.45, 7) is 5.98. The third-order valence-corrected chi connectivity index (χ3v) is 2.85. The number of hydrogen-bond donors (Lipinski definition) is 1. The van der Waals surface area contributed by atoms with Gasteiger partial charge in [0.1, 0.15) is 0 Å². The maximum atomic E-state index is 11.3. The molecule has 15 heavy (non-hydrogen) atoms. The highest BCUT2D eigenvalue weighted by Gasteiger charge is 2.34. The van der Waals surface area contributed by atoms with Gasteiger partial charge in [0.15, 0.2) is 0 Å². The number of aliphatic hydroxyl groups is 1. The summed E-state index contributed by atoms with van der Waals surface area (Å²) in [6, 6.07) is 0. The summed E-state index contributed by atoms with van der Waals surface area (Å²) in [4.78, 5) is 11.3. The minimum atomic E-state index is -0.381. The van der Waals surface area contributed by atoms with E-state index in [4.69, 9.17) is 9.47 Å². The lowest BCUT2D eigenvalue weighted by molar-refractivity contribution is -0.158. The molecule has 0 saturated carbocycles. The maximum Gasteiger partial charge on any atom is 0.308 e. The van der Waals surface area contributed by atoms with Crippen LogP contribution >= 0.6 is 0 Å². The Labute approximate surface area is 90.6 Å². The van der Waals surface area contributed by atoms with Gasteiger partial charge in [0.05, 0.1) is 31.3 Å². The van der Waals surface area contributed by atoms with Crippen molar-refractivity contribution in [2.45, 2.75) is 51.9 Å². The number of hydrogen-bond acceptors (Lipinski definition) is 4. The van der Waals surface area contributed by atoms with Crippen molar-refractivity contribution in [3.63, 3.8) is 0 Å². The van der Waals surface area contributed by atoms with Gasteiger partial charge in [0, 0.05) is 5.92 Å². The molecule has 0 aliphatic carbocycles. The first-order chi connectivity index (χ1) is 7.04. The summed E-state index contributed by atoms with van der Waals surface area (Å²) in [6.07, 6.45) is 0.281. The summed E-state index contributed by atoms with van der Waals surface area (Å²) in [5, 5.41) is 9.73. The van der Waals surface area contributed by atoms with Gasteiger partial charge in [-0.05, 0) is 20.3 Å². The number of aliphatic hydroxyl groups excluding tert-OH is 1. The van der Waals surface area contributed by atoms with E-state index in [1.165, 1.54) is 0 Å². The van der Waals surface area contributed by atoms with Crippen LogP contribution in [0.15, 0.2) is 0 Å². The molecule has 1 N–H and O–H groups in total. The van der Waals surface area contributed by atoms with Crippen LogP contribution in [0.25, 0.3) is 0 Å². The number of ether oxygens (including phenoxy) is 2. The Kier molecular flexibility index (Phi) is 4.54. The Hall–Kier alpha value is -0.610. The zero-order valence-corrected chi connectivity index (χ0v) is 9.60. The molecule has 0 aromatic carbocycles. The van der Waals surface area contributed by atoms with Crippen molar-refractivity contribution in [1.29, 1.82) is 0 Å². The van der Waals surface area contributed by atoms with E-state index >= 15 is 0 Å². The van der Waals surface area contributed by atoms with Gasteiger partial charge in [-0.1, -0.05) is 6.92 Å². The predicted molar refractivity (Wildman–Crippen MR) is 55.4 cm³/mol. The standard InChI is InChI=1S/C11H20O4/c1-4-14-11(13)6-10-8(3)9(12)5-7(2)15-10/h7-10,12H,4-6H2,1-3H3/t7-,8+,9+,10+/m0/s1. The molecule has 1 rings (SSSR count). The van der Waals surface area contributed by atoms with Crippen molar-refractivity contribution in [2.24, 2.45) is 5.92 Å². The molecular formula is C11H20O4. The summed E-state index contributed by atoms with van der Waals surface area (Å²) in [5.41, 5.74) is 0. The normalized spacial score (nSPS) is 36.3. The van der Waals surface area contributed by atoms with Gasteiger partial charge < -0.3 is 14.6 Å². The lowest BCUT2D eigenvalue weighted by Gasteiger charge is -2.36. The smallest absolute Gasteiger partial charge is 0.308 e. The van der Waals surface area contributed by atoms with Crippen LogP contribution in [0.3, 0.4) is 0 Å². The van der Waals surface area contributed by atoms with E-state index in [0.29, 0.717) is 13.0 Å². The molecule has 1 aliphatic heterocycles. The van der Waals surface area contributed by atoms with E-state index in [-0.39, 0.29) is 36.6 Å². The molecule has 1 fully saturated rings. The molecule has 1 aliphatic rings. The molecule has 1 heterocycles. The van der Waals surface area contributed by atoms with Crippen LogP contribution in [0, 0.1) is 5.92 Å². The van der Waals surface area contributed by atoms with Crippen LogP contribution in [0.2, 0.25) is 0 Å². The SMILES string of the molecule is CCOC(=O)C[C@H]1O[C@@H](C)C[C@@H](O)[C@H]1C. The number of carbonyl (C=O) groups is 1. The van der Waals surface area contributed by atoms with E-state index < -0.39 is 0 Å². The Morgan fingerprint density at radius 1 is 1.53 bits per heavy atom. The third kappa shape index (κ3) is 3.47. The first-order valence-electron chi connectivity index (χ1n) is 5.53. The second kappa shape index (κ2) is 5.47. The average molecular weight is 216 g/mol. The predicted octanol–water partition coefficient (Wildman–Crippen LogP) is 1.11. The van der Waals surface area contributed by atoms with E-state index in [1.807, 2.05) is 13.8 Å². The van der Waals surface area contributed by atoms with Crippen LogP contribution in [0.1, 0.15) is 33.6 Å². The van der Waals surface area contributed by atoms with Crippen molar-refractivity contribution in [3.05, 3.63) is 0 Å². The van der Waals surface area contributed by atoms with Crippen molar-refractivity contribution in [1.82, 2.24) is 0 Å². The van der Waals surface area contributed by atoms with Gasteiger partial charge in [-0.3, -0.25) is 4.79 Å². The molecule has 0 unspecified atom stereocenters. The van der Waals surface area contributed by atoms with Crippen molar-refractivity contribution >= 4 is 5.97 Å². The Morgan fingerprint density at radius 2 is 2.20 bits per heavy atom. The molecule has 4 nitrogen and oxygen atoms in total. The van der Waals surface area contributed by atoms with Gasteiger partial charge in [0.25, 0.3) is 0 Å². The Balaban J connectivity index is 2.48. The fourth-order valence-electron chi connectivity index (χ4n) is 1.90. The molecule has 0 spiro atoms. The van der Waals surface area contributed by atoms with Crippen LogP contribution in [-0.4, -0.2) is 36.0 Å². The first kappa shape index (κ1) is 12.5. The Morgan fingerprint density at radius 3 is 2.80 bits per heavy atom. The van der Waals surface area contributed by atoms with Gasteiger partial charge in [-0.25, -0.2) is 0 Å². The van der Waals surface area contributed by atoms with Crippen LogP contribution in [0.5, 0.6) is 0 Å². The summed E-state index contributed by atoms with van der Waals surface area (Å²) >= 11 is 0. The Bertz CT molecular complexity index is 217. The molecule has 0 radical (unpaired) electrons. The highest BCUT2D eigenvalue weighted by Crippen LogP contribution is 2.27. The number of rotatable bonds is 3. The van der Waals surface area contributed by atoms with E-state index in [2.05, 4.69) is 0 Å². The first-order valence-corrected chi connectivity index (χ1v) is 5.53. The zero-order chi connectivity index (χ0) is 11.4. The summed E-state index contributed by atoms with van der Waals surface area (Å²) in [7, 11) is 0. The van der Waals surface area contributed by atoms with Crippen molar-refractivity contribution in [3.8, 4) is 0 Å². The second-order valence-corrected chi connectivity index (χ2v) is 4.16. The van der Waals surface area contributed by atoms with Crippen LogP contribution in [-0.2, 0) is 14.3 Å². The van der Waals surface area contributed by atoms with Gasteiger partial charge in [-0.15, -0.1) is 0 Å².